The summed E-state index contributed by atoms with van der Waals surface area (Å²) in [6, 6.07) is 5.95. The summed E-state index contributed by atoms with van der Waals surface area (Å²) >= 11 is 6.45. The molecule has 1 aliphatic carbocycles. The highest BCUT2D eigenvalue weighted by Crippen LogP contribution is 2.39. The zero-order valence-electron chi connectivity index (χ0n) is 20.3. The predicted octanol–water partition coefficient (Wildman–Crippen LogP) is 5.49. The van der Waals surface area contributed by atoms with E-state index in [1.54, 1.807) is 50.0 Å². The molecule has 11 heteroatoms. The number of halogens is 2. The van der Waals surface area contributed by atoms with E-state index in [0.29, 0.717) is 57.8 Å². The molecular formula is C25H27ClFN7O2. The Balaban J connectivity index is 1.38. The van der Waals surface area contributed by atoms with Crippen molar-refractivity contribution in [2.75, 3.05) is 18.4 Å². The topological polar surface area (TPSA) is 109 Å². The third kappa shape index (κ3) is 4.93. The van der Waals surface area contributed by atoms with Crippen LogP contribution in [-0.4, -0.2) is 55.6 Å². The maximum absolute atomic E-state index is 15.3. The zero-order valence-corrected chi connectivity index (χ0v) is 21.1. The van der Waals surface area contributed by atoms with Gasteiger partial charge in [0.1, 0.15) is 11.8 Å². The van der Waals surface area contributed by atoms with Crippen molar-refractivity contribution in [3.8, 4) is 6.07 Å². The second-order valence-electron chi connectivity index (χ2n) is 10.3. The minimum Gasteiger partial charge on any atom is -0.444 e. The summed E-state index contributed by atoms with van der Waals surface area (Å²) in [5.41, 5.74) is 1.48. The van der Waals surface area contributed by atoms with Crippen LogP contribution < -0.4 is 5.32 Å². The Kier molecular flexibility index (Phi) is 6.20. The number of nitriles is 1. The zero-order chi connectivity index (χ0) is 25.6. The van der Waals surface area contributed by atoms with Gasteiger partial charge in [0.15, 0.2) is 5.15 Å². The first-order chi connectivity index (χ1) is 17.1. The van der Waals surface area contributed by atoms with Crippen LogP contribution in [0.4, 0.5) is 20.8 Å². The van der Waals surface area contributed by atoms with Gasteiger partial charge in [-0.05, 0) is 57.7 Å². The largest absolute Gasteiger partial charge is 0.444 e. The van der Waals surface area contributed by atoms with Gasteiger partial charge in [0.05, 0.1) is 41.6 Å². The lowest BCUT2D eigenvalue weighted by atomic mass is 9.85. The van der Waals surface area contributed by atoms with Crippen LogP contribution in [0.15, 0.2) is 24.5 Å². The number of hydrogen-bond donors (Lipinski definition) is 1. The van der Waals surface area contributed by atoms with Crippen LogP contribution in [0.1, 0.15) is 63.1 Å². The molecule has 188 valence electrons. The number of likely N-dealkylation sites (tertiary alicyclic amines) is 1. The fraction of sp³-hybridized carbons (Fsp3) is 0.480. The summed E-state index contributed by atoms with van der Waals surface area (Å²) in [5.74, 6) is -0.215. The Bertz CT molecular complexity index is 1360. The fourth-order valence-electron chi connectivity index (χ4n) is 4.43. The maximum atomic E-state index is 15.3. The van der Waals surface area contributed by atoms with Crippen LogP contribution in [-0.2, 0) is 4.74 Å². The number of alkyl halides is 1. The number of hydrogen-bond acceptors (Lipinski definition) is 7. The van der Waals surface area contributed by atoms with Crippen molar-refractivity contribution < 1.29 is 13.9 Å². The molecule has 3 heterocycles. The van der Waals surface area contributed by atoms with Gasteiger partial charge in [-0.1, -0.05) is 11.6 Å². The van der Waals surface area contributed by atoms with E-state index >= 15 is 4.39 Å². The maximum Gasteiger partial charge on any atom is 0.410 e. The standard InChI is InChI=1S/C25H27ClFN7O2/c1-25(2,3)36-24(35)33-7-6-17(19(27)13-33)18-9-20-15(8-14(18)10-28)11-29-23(31-20)32-21-12-30-34(22(21)26)16-4-5-16/h8-9,11-12,16-17,19H,4-7,13H2,1-3H3,(H,29,31,32). The van der Waals surface area contributed by atoms with Gasteiger partial charge in [-0.25, -0.2) is 23.8 Å². The van der Waals surface area contributed by atoms with Gasteiger partial charge in [-0.15, -0.1) is 0 Å². The Morgan fingerprint density at radius 3 is 2.72 bits per heavy atom. The van der Waals surface area contributed by atoms with Gasteiger partial charge >= 0.3 is 6.09 Å². The summed E-state index contributed by atoms with van der Waals surface area (Å²) in [6.07, 6.45) is 3.87. The molecule has 36 heavy (non-hydrogen) atoms. The molecule has 1 saturated heterocycles. The van der Waals surface area contributed by atoms with Gasteiger partial charge in [0, 0.05) is 24.0 Å². The monoisotopic (exact) mass is 511 g/mol. The molecule has 0 radical (unpaired) electrons. The molecule has 2 unspecified atom stereocenters. The van der Waals surface area contributed by atoms with E-state index < -0.39 is 23.8 Å². The van der Waals surface area contributed by atoms with E-state index in [1.807, 2.05) is 0 Å². The summed E-state index contributed by atoms with van der Waals surface area (Å²) < 4.78 is 22.5. The van der Waals surface area contributed by atoms with E-state index in [4.69, 9.17) is 16.3 Å². The fourth-order valence-corrected chi connectivity index (χ4v) is 4.71. The lowest BCUT2D eigenvalue weighted by Crippen LogP contribution is -2.46. The first-order valence-corrected chi connectivity index (χ1v) is 12.3. The number of aromatic nitrogens is 4. The van der Waals surface area contributed by atoms with Crippen molar-refractivity contribution in [3.63, 3.8) is 0 Å². The number of piperidine rings is 1. The van der Waals surface area contributed by atoms with E-state index in [1.165, 1.54) is 4.90 Å². The molecule has 0 spiro atoms. The highest BCUT2D eigenvalue weighted by atomic mass is 35.5. The minimum atomic E-state index is -1.35. The van der Waals surface area contributed by atoms with E-state index in [9.17, 15) is 10.1 Å². The van der Waals surface area contributed by atoms with Crippen molar-refractivity contribution in [1.29, 1.82) is 5.26 Å². The Hall–Kier alpha value is -3.45. The van der Waals surface area contributed by atoms with Crippen LogP contribution in [0.25, 0.3) is 10.9 Å². The summed E-state index contributed by atoms with van der Waals surface area (Å²) in [7, 11) is 0. The highest BCUT2D eigenvalue weighted by molar-refractivity contribution is 6.32. The van der Waals surface area contributed by atoms with Crippen molar-refractivity contribution in [3.05, 3.63) is 40.8 Å². The van der Waals surface area contributed by atoms with Crippen molar-refractivity contribution in [2.24, 2.45) is 0 Å². The lowest BCUT2D eigenvalue weighted by molar-refractivity contribution is 0.0111. The number of ether oxygens (including phenoxy) is 1. The number of rotatable bonds is 4. The van der Waals surface area contributed by atoms with E-state index in [2.05, 4.69) is 26.5 Å². The minimum absolute atomic E-state index is 0.0947. The Morgan fingerprint density at radius 2 is 2.06 bits per heavy atom. The Morgan fingerprint density at radius 1 is 1.28 bits per heavy atom. The molecular weight excluding hydrogens is 485 g/mol. The second kappa shape index (κ2) is 9.21. The normalized spacial score (nSPS) is 20.3. The summed E-state index contributed by atoms with van der Waals surface area (Å²) in [6.45, 7) is 5.57. The van der Waals surface area contributed by atoms with Gasteiger partial charge in [0.2, 0.25) is 5.95 Å². The van der Waals surface area contributed by atoms with Crippen LogP contribution in [0.3, 0.4) is 0 Å². The number of carbonyl (C=O) groups excluding carboxylic acids is 1. The molecule has 5 rings (SSSR count). The van der Waals surface area contributed by atoms with Crippen LogP contribution in [0.5, 0.6) is 0 Å². The molecule has 2 atom stereocenters. The smallest absolute Gasteiger partial charge is 0.410 e. The molecule has 3 aromatic rings. The molecule has 0 bridgehead atoms. The molecule has 2 aromatic heterocycles. The molecule has 2 aliphatic rings. The average molecular weight is 512 g/mol. The number of benzene rings is 1. The highest BCUT2D eigenvalue weighted by Gasteiger charge is 2.35. The number of nitrogens with zero attached hydrogens (tertiary/aromatic N) is 6. The molecule has 1 amide bonds. The van der Waals surface area contributed by atoms with Crippen molar-refractivity contribution in [1.82, 2.24) is 24.6 Å². The van der Waals surface area contributed by atoms with E-state index in [0.717, 1.165) is 12.8 Å². The van der Waals surface area contributed by atoms with Crippen molar-refractivity contribution >= 4 is 40.2 Å². The first kappa shape index (κ1) is 24.3. The van der Waals surface area contributed by atoms with Gasteiger partial charge < -0.3 is 15.0 Å². The molecule has 1 N–H and O–H groups in total. The van der Waals surface area contributed by atoms with Gasteiger partial charge in [-0.3, -0.25) is 0 Å². The molecule has 2 fully saturated rings. The third-order valence-electron chi connectivity index (χ3n) is 6.34. The predicted molar refractivity (Wildman–Crippen MR) is 133 cm³/mol. The molecule has 1 saturated carbocycles. The quantitative estimate of drug-likeness (QED) is 0.493. The first-order valence-electron chi connectivity index (χ1n) is 12.0. The number of anilines is 2. The number of nitrogens with one attached hydrogen (secondary N) is 1. The van der Waals surface area contributed by atoms with Crippen LogP contribution in [0, 0.1) is 11.3 Å². The summed E-state index contributed by atoms with van der Waals surface area (Å²) in [4.78, 5) is 22.7. The van der Waals surface area contributed by atoms with Crippen LogP contribution in [0.2, 0.25) is 5.15 Å². The van der Waals surface area contributed by atoms with Crippen molar-refractivity contribution in [2.45, 2.75) is 63.8 Å². The van der Waals surface area contributed by atoms with Gasteiger partial charge in [-0.2, -0.15) is 10.4 Å². The SMILES string of the molecule is CC(C)(C)OC(=O)N1CCC(c2cc3nc(Nc4cnn(C5CC5)c4Cl)ncc3cc2C#N)C(F)C1. The van der Waals surface area contributed by atoms with E-state index in [-0.39, 0.29) is 6.54 Å². The number of amides is 1. The number of fused-ring (bicyclic) bond motifs is 1. The molecule has 9 nitrogen and oxygen atoms in total. The Labute approximate surface area is 213 Å². The lowest BCUT2D eigenvalue weighted by Gasteiger charge is -2.36. The summed E-state index contributed by atoms with van der Waals surface area (Å²) in [5, 5.41) is 18.4. The van der Waals surface area contributed by atoms with Crippen LogP contribution >= 0.6 is 11.6 Å². The number of carbonyl (C=O) groups is 1. The third-order valence-corrected chi connectivity index (χ3v) is 6.71. The molecule has 1 aliphatic heterocycles. The van der Waals surface area contributed by atoms with Gasteiger partial charge in [0.25, 0.3) is 0 Å². The second-order valence-corrected chi connectivity index (χ2v) is 10.6. The molecule has 1 aromatic carbocycles. The average Bonchev–Trinajstić information content (AvgIpc) is 3.60.